The number of nitriles is 1. The van der Waals surface area contributed by atoms with Gasteiger partial charge in [-0.25, -0.2) is 0 Å². The molecule has 0 aromatic heterocycles. The van der Waals surface area contributed by atoms with Crippen LogP contribution in [0.15, 0.2) is 0 Å². The molecule has 1 unspecified atom stereocenters. The first-order valence-electron chi connectivity index (χ1n) is 4.96. The third kappa shape index (κ3) is 4.05. The highest BCUT2D eigenvalue weighted by Gasteiger charge is 2.32. The molecule has 0 aliphatic heterocycles. The monoisotopic (exact) mass is 198 g/mol. The third-order valence-corrected chi connectivity index (χ3v) is 2.17. The Morgan fingerprint density at radius 3 is 2.71 bits per heavy atom. The topological polar surface area (TPSA) is 54.3 Å². The molecule has 4 heteroatoms. The second-order valence-electron chi connectivity index (χ2n) is 3.91. The maximum atomic E-state index is 8.99. The molecule has 1 N–H and O–H groups in total. The van der Waals surface area contributed by atoms with Gasteiger partial charge in [0.2, 0.25) is 0 Å². The highest BCUT2D eigenvalue weighted by molar-refractivity contribution is 5.07. The van der Waals surface area contributed by atoms with Crippen LogP contribution in [0.25, 0.3) is 0 Å². The van der Waals surface area contributed by atoms with E-state index in [1.807, 2.05) is 6.92 Å². The van der Waals surface area contributed by atoms with E-state index in [0.717, 1.165) is 0 Å². The van der Waals surface area contributed by atoms with Gasteiger partial charge in [-0.15, -0.1) is 0 Å². The molecule has 4 nitrogen and oxygen atoms in total. The molecule has 0 radical (unpaired) electrons. The van der Waals surface area contributed by atoms with Crippen molar-refractivity contribution in [3.8, 4) is 6.07 Å². The second kappa shape index (κ2) is 5.30. The van der Waals surface area contributed by atoms with Crippen molar-refractivity contribution in [2.24, 2.45) is 0 Å². The molecule has 1 fully saturated rings. The fraction of sp³-hybridized carbons (Fsp3) is 0.900. The summed E-state index contributed by atoms with van der Waals surface area (Å²) in [7, 11) is 1.63. The van der Waals surface area contributed by atoms with E-state index in [2.05, 4.69) is 11.4 Å². The van der Waals surface area contributed by atoms with Crippen LogP contribution < -0.4 is 5.32 Å². The molecule has 1 atom stereocenters. The number of hydrogen-bond acceptors (Lipinski definition) is 4. The molecule has 1 aliphatic carbocycles. The van der Waals surface area contributed by atoms with Crippen molar-refractivity contribution in [1.29, 1.82) is 5.26 Å². The van der Waals surface area contributed by atoms with Gasteiger partial charge in [-0.1, -0.05) is 0 Å². The maximum absolute atomic E-state index is 8.99. The molecule has 0 heterocycles. The van der Waals surface area contributed by atoms with Crippen molar-refractivity contribution >= 4 is 0 Å². The minimum atomic E-state index is -0.547. The lowest BCUT2D eigenvalue weighted by Gasteiger charge is -2.22. The van der Waals surface area contributed by atoms with Crippen LogP contribution in [-0.2, 0) is 9.47 Å². The minimum Gasteiger partial charge on any atom is -0.382 e. The van der Waals surface area contributed by atoms with Crippen LogP contribution in [0.1, 0.15) is 19.8 Å². The van der Waals surface area contributed by atoms with Crippen LogP contribution in [0.3, 0.4) is 0 Å². The average Bonchev–Trinajstić information content (AvgIpc) is 2.96. The average molecular weight is 198 g/mol. The van der Waals surface area contributed by atoms with Crippen molar-refractivity contribution in [2.75, 3.05) is 26.9 Å². The number of rotatable bonds is 7. The molecule has 0 spiro atoms. The van der Waals surface area contributed by atoms with Crippen molar-refractivity contribution in [3.05, 3.63) is 0 Å². The summed E-state index contributed by atoms with van der Waals surface area (Å²) in [6, 6.07) is 2.77. The summed E-state index contributed by atoms with van der Waals surface area (Å²) in [5.41, 5.74) is -0.547. The third-order valence-electron chi connectivity index (χ3n) is 2.17. The molecular weight excluding hydrogens is 180 g/mol. The van der Waals surface area contributed by atoms with Gasteiger partial charge >= 0.3 is 0 Å². The lowest BCUT2D eigenvalue weighted by atomic mass is 10.1. The summed E-state index contributed by atoms with van der Waals surface area (Å²) in [4.78, 5) is 0. The van der Waals surface area contributed by atoms with E-state index in [9.17, 15) is 0 Å². The van der Waals surface area contributed by atoms with Crippen LogP contribution >= 0.6 is 0 Å². The van der Waals surface area contributed by atoms with E-state index >= 15 is 0 Å². The fourth-order valence-corrected chi connectivity index (χ4v) is 1.20. The number of ether oxygens (including phenoxy) is 2. The van der Waals surface area contributed by atoms with Crippen LogP contribution in [0.2, 0.25) is 0 Å². The molecule has 1 aliphatic rings. The van der Waals surface area contributed by atoms with E-state index in [0.29, 0.717) is 25.9 Å². The van der Waals surface area contributed by atoms with Gasteiger partial charge in [-0.2, -0.15) is 5.26 Å². The fourth-order valence-electron chi connectivity index (χ4n) is 1.20. The van der Waals surface area contributed by atoms with Crippen molar-refractivity contribution < 1.29 is 9.47 Å². The standard InChI is InChI=1S/C10H18N2O2/c1-10(7-11,12-9-3-4-9)8-14-6-5-13-2/h9,12H,3-6,8H2,1-2H3. The molecule has 14 heavy (non-hydrogen) atoms. The molecular formula is C10H18N2O2. The Morgan fingerprint density at radius 2 is 2.21 bits per heavy atom. The molecule has 0 aromatic rings. The van der Waals surface area contributed by atoms with E-state index in [-0.39, 0.29) is 0 Å². The normalized spacial score (nSPS) is 20.1. The maximum Gasteiger partial charge on any atom is 0.127 e. The SMILES string of the molecule is COCCOCC(C)(C#N)NC1CC1. The highest BCUT2D eigenvalue weighted by atomic mass is 16.5. The Hall–Kier alpha value is -0.630. The molecule has 0 aromatic carbocycles. The number of hydrogen-bond donors (Lipinski definition) is 1. The van der Waals surface area contributed by atoms with E-state index in [1.54, 1.807) is 7.11 Å². The van der Waals surface area contributed by atoms with Gasteiger partial charge in [0, 0.05) is 13.2 Å². The number of methoxy groups -OCH3 is 1. The Kier molecular flexibility index (Phi) is 4.33. The summed E-state index contributed by atoms with van der Waals surface area (Å²) >= 11 is 0. The Labute approximate surface area is 85.2 Å². The summed E-state index contributed by atoms with van der Waals surface area (Å²) in [5, 5.41) is 12.3. The summed E-state index contributed by atoms with van der Waals surface area (Å²) in [5.74, 6) is 0. The van der Waals surface area contributed by atoms with E-state index < -0.39 is 5.54 Å². The van der Waals surface area contributed by atoms with Crippen LogP contribution in [0.5, 0.6) is 0 Å². The van der Waals surface area contributed by atoms with Crippen molar-refractivity contribution in [3.63, 3.8) is 0 Å². The lowest BCUT2D eigenvalue weighted by Crippen LogP contribution is -2.46. The van der Waals surface area contributed by atoms with Gasteiger partial charge in [0.25, 0.3) is 0 Å². The molecule has 0 bridgehead atoms. The van der Waals surface area contributed by atoms with Crippen LogP contribution in [-0.4, -0.2) is 38.5 Å². The smallest absolute Gasteiger partial charge is 0.127 e. The lowest BCUT2D eigenvalue weighted by molar-refractivity contribution is 0.0491. The van der Waals surface area contributed by atoms with Gasteiger partial charge in [0.05, 0.1) is 25.9 Å². The predicted molar refractivity (Wildman–Crippen MR) is 52.9 cm³/mol. The second-order valence-corrected chi connectivity index (χ2v) is 3.91. The first-order valence-corrected chi connectivity index (χ1v) is 4.96. The Bertz CT molecular complexity index is 211. The van der Waals surface area contributed by atoms with Gasteiger partial charge < -0.3 is 9.47 Å². The zero-order valence-corrected chi connectivity index (χ0v) is 8.88. The molecule has 0 amide bonds. The first kappa shape index (κ1) is 11.4. The van der Waals surface area contributed by atoms with Gasteiger partial charge in [-0.05, 0) is 19.8 Å². The summed E-state index contributed by atoms with van der Waals surface area (Å²) in [6.45, 7) is 3.41. The molecule has 0 saturated heterocycles. The van der Waals surface area contributed by atoms with Gasteiger partial charge in [0.15, 0.2) is 0 Å². The molecule has 1 saturated carbocycles. The van der Waals surface area contributed by atoms with E-state index in [4.69, 9.17) is 14.7 Å². The quantitative estimate of drug-likeness (QED) is 0.611. The van der Waals surface area contributed by atoms with Gasteiger partial charge in [0.1, 0.15) is 5.54 Å². The largest absolute Gasteiger partial charge is 0.382 e. The van der Waals surface area contributed by atoms with Crippen molar-refractivity contribution in [1.82, 2.24) is 5.32 Å². The Balaban J connectivity index is 2.18. The van der Waals surface area contributed by atoms with Crippen LogP contribution in [0, 0.1) is 11.3 Å². The van der Waals surface area contributed by atoms with Crippen molar-refractivity contribution in [2.45, 2.75) is 31.3 Å². The highest BCUT2D eigenvalue weighted by Crippen LogP contribution is 2.22. The predicted octanol–water partition coefficient (Wildman–Crippen LogP) is 0.684. The van der Waals surface area contributed by atoms with Gasteiger partial charge in [-0.3, -0.25) is 5.32 Å². The minimum absolute atomic E-state index is 0.420. The Morgan fingerprint density at radius 1 is 1.50 bits per heavy atom. The number of nitrogens with one attached hydrogen (secondary N) is 1. The first-order chi connectivity index (χ1) is 6.70. The zero-order chi connectivity index (χ0) is 10.4. The molecule has 1 rings (SSSR count). The summed E-state index contributed by atoms with van der Waals surface area (Å²) < 4.78 is 10.2. The van der Waals surface area contributed by atoms with Crippen LogP contribution in [0.4, 0.5) is 0 Å². The number of nitrogens with zero attached hydrogens (tertiary/aromatic N) is 1. The van der Waals surface area contributed by atoms with E-state index in [1.165, 1.54) is 12.8 Å². The zero-order valence-electron chi connectivity index (χ0n) is 8.88. The molecule has 80 valence electrons. The summed E-state index contributed by atoms with van der Waals surface area (Å²) in [6.07, 6.45) is 2.35.